The van der Waals surface area contributed by atoms with Gasteiger partial charge in [0.1, 0.15) is 5.75 Å². The van der Waals surface area contributed by atoms with Crippen molar-refractivity contribution in [1.82, 2.24) is 10.6 Å². The van der Waals surface area contributed by atoms with E-state index < -0.39 is 6.10 Å². The number of nitrogens with one attached hydrogen (secondary N) is 2. The molecule has 0 aromatic heterocycles. The number of nitrogens with zero attached hydrogens (tertiary/aromatic N) is 1. The lowest BCUT2D eigenvalue weighted by molar-refractivity contribution is 0.166. The molecule has 32 heavy (non-hydrogen) atoms. The predicted octanol–water partition coefficient (Wildman–Crippen LogP) is 4.47. The summed E-state index contributed by atoms with van der Waals surface area (Å²) in [6.45, 7) is 7.85. The van der Waals surface area contributed by atoms with Gasteiger partial charge in [0.15, 0.2) is 5.96 Å². The summed E-state index contributed by atoms with van der Waals surface area (Å²) >= 11 is 5.92. The molecular formula is C24H33ClIN3O3. The quantitative estimate of drug-likeness (QED) is 0.235. The van der Waals surface area contributed by atoms with E-state index in [4.69, 9.17) is 26.1 Å². The van der Waals surface area contributed by atoms with E-state index in [-0.39, 0.29) is 24.0 Å². The highest BCUT2D eigenvalue weighted by Gasteiger charge is 2.17. The number of halogens is 2. The predicted molar refractivity (Wildman–Crippen MR) is 140 cm³/mol. The molecule has 2 unspecified atom stereocenters. The van der Waals surface area contributed by atoms with Crippen molar-refractivity contribution in [2.24, 2.45) is 10.9 Å². The highest BCUT2D eigenvalue weighted by atomic mass is 127. The fourth-order valence-corrected chi connectivity index (χ4v) is 3.48. The maximum atomic E-state index is 10.4. The Labute approximate surface area is 212 Å². The van der Waals surface area contributed by atoms with Gasteiger partial charge < -0.3 is 25.2 Å². The van der Waals surface area contributed by atoms with Gasteiger partial charge in [0.05, 0.1) is 25.9 Å². The Hall–Kier alpha value is -1.55. The number of rotatable bonds is 9. The van der Waals surface area contributed by atoms with Crippen LogP contribution < -0.4 is 15.4 Å². The average molecular weight is 574 g/mol. The molecule has 1 aliphatic rings. The van der Waals surface area contributed by atoms with Crippen LogP contribution in [0, 0.1) is 12.8 Å². The average Bonchev–Trinajstić information content (AvgIpc) is 3.29. The molecule has 0 radical (unpaired) electrons. The zero-order valence-electron chi connectivity index (χ0n) is 18.6. The first kappa shape index (κ1) is 26.7. The molecule has 3 N–H and O–H groups in total. The van der Waals surface area contributed by atoms with Gasteiger partial charge in [0, 0.05) is 36.2 Å². The monoisotopic (exact) mass is 573 g/mol. The fourth-order valence-electron chi connectivity index (χ4n) is 3.35. The molecule has 2 atom stereocenters. The third-order valence-corrected chi connectivity index (χ3v) is 5.44. The lowest BCUT2D eigenvalue weighted by Gasteiger charge is -2.17. The van der Waals surface area contributed by atoms with Crippen molar-refractivity contribution in [3.8, 4) is 5.75 Å². The number of ether oxygens (including phenoxy) is 2. The van der Waals surface area contributed by atoms with Gasteiger partial charge in [0.2, 0.25) is 0 Å². The first-order chi connectivity index (χ1) is 15.0. The van der Waals surface area contributed by atoms with Crippen LogP contribution in [0.5, 0.6) is 5.75 Å². The van der Waals surface area contributed by atoms with E-state index in [0.29, 0.717) is 36.6 Å². The molecule has 1 heterocycles. The molecular weight excluding hydrogens is 541 g/mol. The zero-order valence-corrected chi connectivity index (χ0v) is 21.7. The number of hydrogen-bond donors (Lipinski definition) is 3. The Balaban J connectivity index is 0.00000363. The van der Waals surface area contributed by atoms with Crippen molar-refractivity contribution >= 4 is 41.5 Å². The molecule has 3 rings (SSSR count). The third-order valence-electron chi connectivity index (χ3n) is 5.19. The van der Waals surface area contributed by atoms with Crippen molar-refractivity contribution in [3.63, 3.8) is 0 Å². The van der Waals surface area contributed by atoms with Crippen LogP contribution in [0.15, 0.2) is 47.5 Å². The molecule has 8 heteroatoms. The Kier molecular flexibility index (Phi) is 11.6. The van der Waals surface area contributed by atoms with Gasteiger partial charge in [-0.3, -0.25) is 0 Å². The molecule has 176 valence electrons. The van der Waals surface area contributed by atoms with Gasteiger partial charge in [-0.05, 0) is 49.6 Å². The van der Waals surface area contributed by atoms with E-state index in [1.165, 1.54) is 0 Å². The molecule has 2 aromatic carbocycles. The summed E-state index contributed by atoms with van der Waals surface area (Å²) in [4.78, 5) is 4.69. The maximum Gasteiger partial charge on any atom is 0.191 e. The largest absolute Gasteiger partial charge is 0.493 e. The summed E-state index contributed by atoms with van der Waals surface area (Å²) in [5.74, 6) is 1.96. The molecule has 1 aliphatic heterocycles. The number of guanidine groups is 1. The topological polar surface area (TPSA) is 75.1 Å². The lowest BCUT2D eigenvalue weighted by Crippen LogP contribution is -2.39. The first-order valence-corrected chi connectivity index (χ1v) is 11.2. The summed E-state index contributed by atoms with van der Waals surface area (Å²) in [6, 6.07) is 13.4. The van der Waals surface area contributed by atoms with Gasteiger partial charge in [-0.1, -0.05) is 35.9 Å². The SMILES string of the molecule is CCNC(=NCc1ccc(C)cc1OCC1CCOC1)NCC(O)c1ccc(Cl)cc1.I. The second-order valence-corrected chi connectivity index (χ2v) is 8.23. The molecule has 0 bridgehead atoms. The molecule has 1 fully saturated rings. The van der Waals surface area contributed by atoms with Crippen LogP contribution in [0.1, 0.15) is 36.1 Å². The van der Waals surface area contributed by atoms with Crippen LogP contribution in [0.2, 0.25) is 5.02 Å². The van der Waals surface area contributed by atoms with Gasteiger partial charge in [-0.15, -0.1) is 24.0 Å². The van der Waals surface area contributed by atoms with Crippen LogP contribution in [-0.4, -0.2) is 44.0 Å². The second kappa shape index (κ2) is 13.9. The van der Waals surface area contributed by atoms with E-state index in [0.717, 1.165) is 48.6 Å². The van der Waals surface area contributed by atoms with E-state index >= 15 is 0 Å². The maximum absolute atomic E-state index is 10.4. The lowest BCUT2D eigenvalue weighted by atomic mass is 10.1. The summed E-state index contributed by atoms with van der Waals surface area (Å²) in [5, 5.41) is 17.5. The van der Waals surface area contributed by atoms with Crippen LogP contribution in [0.25, 0.3) is 0 Å². The number of aliphatic hydroxyl groups excluding tert-OH is 1. The van der Waals surface area contributed by atoms with E-state index in [9.17, 15) is 5.11 Å². The van der Waals surface area contributed by atoms with Crippen LogP contribution >= 0.6 is 35.6 Å². The minimum absolute atomic E-state index is 0. The van der Waals surface area contributed by atoms with Gasteiger partial charge >= 0.3 is 0 Å². The molecule has 0 amide bonds. The number of aliphatic hydroxyl groups is 1. The third kappa shape index (κ3) is 8.42. The summed E-state index contributed by atoms with van der Waals surface area (Å²) in [7, 11) is 0. The summed E-state index contributed by atoms with van der Waals surface area (Å²) < 4.78 is 11.6. The minimum atomic E-state index is -0.659. The highest BCUT2D eigenvalue weighted by molar-refractivity contribution is 14.0. The smallest absolute Gasteiger partial charge is 0.191 e. The summed E-state index contributed by atoms with van der Waals surface area (Å²) in [5.41, 5.74) is 2.99. The number of benzene rings is 2. The Morgan fingerprint density at radius 2 is 2.03 bits per heavy atom. The summed E-state index contributed by atoms with van der Waals surface area (Å²) in [6.07, 6.45) is 0.386. The number of hydrogen-bond acceptors (Lipinski definition) is 4. The van der Waals surface area contributed by atoms with Crippen LogP contribution in [0.4, 0.5) is 0 Å². The molecule has 2 aromatic rings. The van der Waals surface area contributed by atoms with Crippen molar-refractivity contribution in [2.45, 2.75) is 32.9 Å². The van der Waals surface area contributed by atoms with Gasteiger partial charge in [-0.25, -0.2) is 4.99 Å². The Morgan fingerprint density at radius 1 is 1.25 bits per heavy atom. The Bertz CT molecular complexity index is 858. The minimum Gasteiger partial charge on any atom is -0.493 e. The number of aliphatic imine (C=N–C) groups is 1. The molecule has 1 saturated heterocycles. The molecule has 0 aliphatic carbocycles. The van der Waals surface area contributed by atoms with E-state index in [2.05, 4.69) is 35.8 Å². The van der Waals surface area contributed by atoms with Crippen molar-refractivity contribution in [1.29, 1.82) is 0 Å². The van der Waals surface area contributed by atoms with Gasteiger partial charge in [-0.2, -0.15) is 0 Å². The molecule has 0 spiro atoms. The first-order valence-electron chi connectivity index (χ1n) is 10.8. The van der Waals surface area contributed by atoms with Crippen molar-refractivity contribution < 1.29 is 14.6 Å². The second-order valence-electron chi connectivity index (χ2n) is 7.80. The Morgan fingerprint density at radius 3 is 2.72 bits per heavy atom. The molecule has 0 saturated carbocycles. The van der Waals surface area contributed by atoms with Crippen molar-refractivity contribution in [2.75, 3.05) is 32.9 Å². The van der Waals surface area contributed by atoms with E-state index in [1.807, 2.05) is 19.1 Å². The standard InChI is InChI=1S/C24H32ClN3O3.HI/c1-3-26-24(28-14-22(29)19-6-8-21(25)9-7-19)27-13-20-5-4-17(2)12-23(20)31-16-18-10-11-30-15-18;/h4-9,12,18,22,29H,3,10-11,13-16H2,1-2H3,(H2,26,27,28);1H. The van der Waals surface area contributed by atoms with Crippen LogP contribution in [0.3, 0.4) is 0 Å². The fraction of sp³-hybridized carbons (Fsp3) is 0.458. The zero-order chi connectivity index (χ0) is 22.1. The van der Waals surface area contributed by atoms with Crippen LogP contribution in [-0.2, 0) is 11.3 Å². The number of aryl methyl sites for hydroxylation is 1. The van der Waals surface area contributed by atoms with Gasteiger partial charge in [0.25, 0.3) is 0 Å². The normalized spacial score (nSPS) is 16.9. The van der Waals surface area contributed by atoms with Crippen molar-refractivity contribution in [3.05, 3.63) is 64.2 Å². The van der Waals surface area contributed by atoms with E-state index in [1.54, 1.807) is 12.1 Å². The highest BCUT2D eigenvalue weighted by Crippen LogP contribution is 2.23. The molecule has 6 nitrogen and oxygen atoms in total.